The fraction of sp³-hybridized carbons (Fsp3) is 0.526. The lowest BCUT2D eigenvalue weighted by Crippen LogP contribution is -2.37. The van der Waals surface area contributed by atoms with E-state index in [4.69, 9.17) is 0 Å². The molecule has 2 aromatic rings. The van der Waals surface area contributed by atoms with Crippen molar-refractivity contribution in [2.45, 2.75) is 43.3 Å². The van der Waals surface area contributed by atoms with Crippen molar-refractivity contribution in [3.8, 4) is 0 Å². The third-order valence-corrected chi connectivity index (χ3v) is 7.39. The Morgan fingerprint density at radius 2 is 1.90 bits per heavy atom. The highest BCUT2D eigenvalue weighted by molar-refractivity contribution is 7.90. The smallest absolute Gasteiger partial charge is 0.372 e. The van der Waals surface area contributed by atoms with Crippen molar-refractivity contribution in [1.82, 2.24) is 15.1 Å². The highest BCUT2D eigenvalue weighted by Crippen LogP contribution is 2.39. The molecule has 0 radical (unpaired) electrons. The first-order chi connectivity index (χ1) is 13.7. The van der Waals surface area contributed by atoms with Gasteiger partial charge in [0.05, 0.1) is 22.8 Å². The molecule has 3 heterocycles. The number of aliphatic hydroxyl groups excluding tert-OH is 1. The van der Waals surface area contributed by atoms with E-state index >= 15 is 0 Å². The Morgan fingerprint density at radius 1 is 1.21 bits per heavy atom. The highest BCUT2D eigenvalue weighted by Gasteiger charge is 2.37. The molecule has 1 atom stereocenters. The summed E-state index contributed by atoms with van der Waals surface area (Å²) in [5, 5.41) is 17.6. The zero-order chi connectivity index (χ0) is 20.8. The van der Waals surface area contributed by atoms with Gasteiger partial charge in [-0.1, -0.05) is 18.2 Å². The van der Waals surface area contributed by atoms with E-state index in [1.54, 1.807) is 11.0 Å². The number of alkyl halides is 3. The maximum atomic E-state index is 13.3. The Bertz CT molecular complexity index is 996. The fourth-order valence-electron chi connectivity index (χ4n) is 4.32. The van der Waals surface area contributed by atoms with Crippen molar-refractivity contribution in [3.05, 3.63) is 52.3 Å². The van der Waals surface area contributed by atoms with E-state index < -0.39 is 27.8 Å². The predicted octanol–water partition coefficient (Wildman–Crippen LogP) is 2.77. The molecule has 0 amide bonds. The molecule has 1 saturated heterocycles. The molecule has 2 aliphatic heterocycles. The minimum atomic E-state index is -4.39. The number of halogens is 3. The maximum absolute atomic E-state index is 13.3. The Morgan fingerprint density at radius 3 is 2.59 bits per heavy atom. The zero-order valence-corrected chi connectivity index (χ0v) is 16.4. The fourth-order valence-corrected chi connectivity index (χ4v) is 5.66. The second-order valence-corrected chi connectivity index (χ2v) is 9.86. The quantitative estimate of drug-likeness (QED) is 0.784. The highest BCUT2D eigenvalue weighted by atomic mass is 32.2. The van der Waals surface area contributed by atoms with Crippen LogP contribution in [0.1, 0.15) is 53.1 Å². The molecule has 0 aliphatic carbocycles. The molecule has 1 unspecified atom stereocenters. The number of aromatic nitrogens is 2. The molecule has 1 aromatic carbocycles. The summed E-state index contributed by atoms with van der Waals surface area (Å²) in [5.74, 6) is -0.317. The second-order valence-electron chi connectivity index (χ2n) is 7.68. The van der Waals surface area contributed by atoms with Gasteiger partial charge in [-0.2, -0.15) is 18.3 Å². The second kappa shape index (κ2) is 7.41. The number of nitrogens with zero attached hydrogens (tertiary/aromatic N) is 2. The molecular weight excluding hydrogens is 407 g/mol. The van der Waals surface area contributed by atoms with Gasteiger partial charge in [-0.05, 0) is 36.8 Å². The monoisotopic (exact) mass is 429 g/mol. The van der Waals surface area contributed by atoms with Crippen LogP contribution in [0.5, 0.6) is 0 Å². The molecular formula is C19H22F3N3O3S. The van der Waals surface area contributed by atoms with Crippen LogP contribution in [0, 0.1) is 0 Å². The molecule has 2 aliphatic rings. The number of aromatic amines is 1. The van der Waals surface area contributed by atoms with Crippen LogP contribution in [0.15, 0.2) is 24.3 Å². The molecule has 0 spiro atoms. The summed E-state index contributed by atoms with van der Waals surface area (Å²) in [7, 11) is -3.15. The average molecular weight is 429 g/mol. The van der Waals surface area contributed by atoms with Gasteiger partial charge in [-0.3, -0.25) is 10.00 Å². The summed E-state index contributed by atoms with van der Waals surface area (Å²) in [5.41, 5.74) is 1.37. The van der Waals surface area contributed by atoms with Crippen LogP contribution in [0.4, 0.5) is 13.2 Å². The third kappa shape index (κ3) is 4.06. The number of piperidine rings is 1. The van der Waals surface area contributed by atoms with Crippen molar-refractivity contribution in [3.63, 3.8) is 0 Å². The molecule has 158 valence electrons. The van der Waals surface area contributed by atoms with E-state index in [0.717, 1.165) is 11.6 Å². The van der Waals surface area contributed by atoms with Gasteiger partial charge in [0, 0.05) is 18.7 Å². The molecule has 1 aromatic heterocycles. The normalized spacial score (nSPS) is 21.7. The van der Waals surface area contributed by atoms with E-state index in [9.17, 15) is 26.7 Å². The van der Waals surface area contributed by atoms with E-state index in [1.807, 2.05) is 0 Å². The lowest BCUT2D eigenvalue weighted by molar-refractivity contribution is -0.138. The number of hydrogen-bond donors (Lipinski definition) is 2. The van der Waals surface area contributed by atoms with Gasteiger partial charge < -0.3 is 5.11 Å². The van der Waals surface area contributed by atoms with Crippen LogP contribution in [-0.2, 0) is 28.2 Å². The van der Waals surface area contributed by atoms with Crippen LogP contribution in [0.25, 0.3) is 0 Å². The number of nitrogens with one attached hydrogen (secondary N) is 1. The van der Waals surface area contributed by atoms with Crippen LogP contribution >= 0.6 is 0 Å². The van der Waals surface area contributed by atoms with Gasteiger partial charge in [0.25, 0.3) is 0 Å². The first kappa shape index (κ1) is 20.4. The lowest BCUT2D eigenvalue weighted by atomic mass is 9.86. The van der Waals surface area contributed by atoms with Crippen molar-refractivity contribution in [2.75, 3.05) is 18.8 Å². The van der Waals surface area contributed by atoms with Crippen molar-refractivity contribution >= 4 is 9.84 Å². The van der Waals surface area contributed by atoms with Gasteiger partial charge in [0.1, 0.15) is 5.69 Å². The van der Waals surface area contributed by atoms with Crippen LogP contribution in [0.3, 0.4) is 0 Å². The minimum Gasteiger partial charge on any atom is -0.372 e. The number of sulfone groups is 1. The van der Waals surface area contributed by atoms with Gasteiger partial charge in [0.2, 0.25) is 0 Å². The van der Waals surface area contributed by atoms with Gasteiger partial charge in [-0.25, -0.2) is 8.42 Å². The lowest BCUT2D eigenvalue weighted by Gasteiger charge is -2.35. The first-order valence-electron chi connectivity index (χ1n) is 9.50. The molecule has 0 saturated carbocycles. The molecule has 2 N–H and O–H groups in total. The number of likely N-dealkylation sites (tertiary alicyclic amines) is 1. The average Bonchev–Trinajstić information content (AvgIpc) is 3.08. The van der Waals surface area contributed by atoms with Gasteiger partial charge in [0.15, 0.2) is 16.1 Å². The number of benzene rings is 1. The summed E-state index contributed by atoms with van der Waals surface area (Å²) in [6.07, 6.45) is -4.11. The standard InChI is InChI=1S/C19H22F3N3O3S/c20-19(21,22)15-4-2-1-3-13(15)12-5-8-25(9-6-12)18(26)17-14-7-10-29(27,28)11-16(14)23-24-17/h1-4,12,18,26H,5-11H2,(H,23,24). The Labute approximate surface area is 166 Å². The van der Waals surface area contributed by atoms with Crippen LogP contribution in [-0.4, -0.2) is 47.5 Å². The Balaban J connectivity index is 1.47. The first-order valence-corrected chi connectivity index (χ1v) is 11.3. The van der Waals surface area contributed by atoms with E-state index in [2.05, 4.69) is 10.2 Å². The number of hydrogen-bond acceptors (Lipinski definition) is 5. The topological polar surface area (TPSA) is 86.3 Å². The van der Waals surface area contributed by atoms with Crippen LogP contribution < -0.4 is 0 Å². The third-order valence-electron chi connectivity index (χ3n) is 5.84. The Kier molecular flexibility index (Phi) is 5.20. The molecule has 0 bridgehead atoms. The summed E-state index contributed by atoms with van der Waals surface area (Å²) >= 11 is 0. The van der Waals surface area contributed by atoms with Crippen molar-refractivity contribution < 1.29 is 26.7 Å². The van der Waals surface area contributed by atoms with E-state index in [0.29, 0.717) is 49.3 Å². The van der Waals surface area contributed by atoms with Crippen molar-refractivity contribution in [1.29, 1.82) is 0 Å². The van der Waals surface area contributed by atoms with E-state index in [1.165, 1.54) is 12.1 Å². The largest absolute Gasteiger partial charge is 0.416 e. The number of aliphatic hydroxyl groups is 1. The molecule has 4 rings (SSSR count). The van der Waals surface area contributed by atoms with Gasteiger partial charge in [-0.15, -0.1) is 0 Å². The summed E-state index contributed by atoms with van der Waals surface area (Å²) < 4.78 is 63.4. The molecule has 10 heteroatoms. The molecule has 6 nitrogen and oxygen atoms in total. The summed E-state index contributed by atoms with van der Waals surface area (Å²) in [6.45, 7) is 0.857. The number of H-pyrrole nitrogens is 1. The van der Waals surface area contributed by atoms with E-state index in [-0.39, 0.29) is 17.4 Å². The zero-order valence-electron chi connectivity index (χ0n) is 15.6. The number of rotatable bonds is 3. The SMILES string of the molecule is O=S1(=O)CCc2c(C(O)N3CCC(c4ccccc4C(F)(F)F)CC3)n[nH]c2C1. The minimum absolute atomic E-state index is 0.0234. The molecule has 29 heavy (non-hydrogen) atoms. The van der Waals surface area contributed by atoms with Crippen molar-refractivity contribution in [2.24, 2.45) is 0 Å². The number of fused-ring (bicyclic) bond motifs is 1. The predicted molar refractivity (Wildman–Crippen MR) is 99.7 cm³/mol. The summed E-state index contributed by atoms with van der Waals surface area (Å²) in [4.78, 5) is 1.78. The maximum Gasteiger partial charge on any atom is 0.416 e. The summed E-state index contributed by atoms with van der Waals surface area (Å²) in [6, 6.07) is 5.66. The van der Waals surface area contributed by atoms with Gasteiger partial charge >= 0.3 is 6.18 Å². The van der Waals surface area contributed by atoms with Crippen LogP contribution in [0.2, 0.25) is 0 Å². The Hall–Kier alpha value is -1.91. The molecule has 1 fully saturated rings.